The van der Waals surface area contributed by atoms with Crippen LogP contribution in [0.5, 0.6) is 0 Å². The molecule has 1 N–H and O–H groups in total. The fourth-order valence-corrected chi connectivity index (χ4v) is 10.7. The number of methoxy groups -OCH3 is 1. The molecule has 19 atom stereocenters. The van der Waals surface area contributed by atoms with Crippen molar-refractivity contribution in [2.45, 2.75) is 193 Å². The first-order valence-electron chi connectivity index (χ1n) is 20.2. The zero-order valence-electron chi connectivity index (χ0n) is 34.6. The van der Waals surface area contributed by atoms with Crippen molar-refractivity contribution < 1.29 is 52.5 Å². The highest BCUT2D eigenvalue weighted by atomic mass is 16.8. The van der Waals surface area contributed by atoms with Crippen LogP contribution in [-0.4, -0.2) is 127 Å². The Balaban J connectivity index is 1.45. The standard InChI is InChI=1S/C40H68N2O11/c1-15-28-39(12)24(7)25(8)40(53-39)20(3)18-38(11,52-40)33(51-35-31-27(17-21(4)46-35)42(13)36(50-31)41-16-2)22(5)30(23(6)34(44)48-28)49-29-19-37(10,45-14)32(43)26(9)47-29/h20-33,35,43H,15-19H2,1-14H3/t20-,21-,22+,23-,24+,25-,26+,27+,28-,29+,30+,31-,32+,33-,35+,37-,38+,39-,40?/m1/s1. The third-order valence-electron chi connectivity index (χ3n) is 14.2. The molecule has 1 unspecified atom stereocenters. The molecule has 0 aromatic rings. The Morgan fingerprint density at radius 3 is 2.28 bits per heavy atom. The van der Waals surface area contributed by atoms with Crippen LogP contribution in [0.3, 0.4) is 0 Å². The van der Waals surface area contributed by atoms with Crippen LogP contribution in [0.1, 0.15) is 109 Å². The van der Waals surface area contributed by atoms with Crippen molar-refractivity contribution in [1.82, 2.24) is 4.90 Å². The van der Waals surface area contributed by atoms with Gasteiger partial charge in [-0.1, -0.05) is 34.6 Å². The van der Waals surface area contributed by atoms with E-state index in [0.29, 0.717) is 25.4 Å². The third kappa shape index (κ3) is 6.74. The summed E-state index contributed by atoms with van der Waals surface area (Å²) in [6, 6.07) is 0.577. The summed E-state index contributed by atoms with van der Waals surface area (Å²) in [4.78, 5) is 21.2. The number of ether oxygens (including phenoxy) is 9. The number of hydrogen-bond acceptors (Lipinski definition) is 12. The maximum atomic E-state index is 14.4. The van der Waals surface area contributed by atoms with E-state index in [-0.39, 0.29) is 42.3 Å². The van der Waals surface area contributed by atoms with Gasteiger partial charge in [-0.2, -0.15) is 0 Å². The smallest absolute Gasteiger partial charge is 0.311 e. The van der Waals surface area contributed by atoms with Gasteiger partial charge in [-0.05, 0) is 73.6 Å². The predicted octanol–water partition coefficient (Wildman–Crippen LogP) is 5.05. The van der Waals surface area contributed by atoms with E-state index in [9.17, 15) is 9.90 Å². The lowest BCUT2D eigenvalue weighted by molar-refractivity contribution is -0.341. The summed E-state index contributed by atoms with van der Waals surface area (Å²) in [5.41, 5.74) is -2.62. The van der Waals surface area contributed by atoms with Gasteiger partial charge in [0.2, 0.25) is 0 Å². The van der Waals surface area contributed by atoms with E-state index < -0.39 is 83.6 Å². The van der Waals surface area contributed by atoms with Crippen LogP contribution in [0.4, 0.5) is 0 Å². The number of nitrogens with zero attached hydrogens (tertiary/aromatic N) is 2. The molecule has 0 amide bonds. The molecule has 304 valence electrons. The number of rotatable bonds is 7. The molecule has 6 fully saturated rings. The molecule has 6 rings (SSSR count). The maximum Gasteiger partial charge on any atom is 0.311 e. The molecule has 0 aliphatic carbocycles. The Morgan fingerprint density at radius 1 is 0.943 bits per heavy atom. The Bertz CT molecular complexity index is 1370. The van der Waals surface area contributed by atoms with Crippen molar-refractivity contribution >= 4 is 12.0 Å². The second kappa shape index (κ2) is 14.7. The molecule has 13 heteroatoms. The van der Waals surface area contributed by atoms with Gasteiger partial charge in [0.25, 0.3) is 6.02 Å². The molecular formula is C40H68N2O11. The summed E-state index contributed by atoms with van der Waals surface area (Å²) >= 11 is 0. The van der Waals surface area contributed by atoms with Crippen LogP contribution in [0.25, 0.3) is 0 Å². The number of esters is 1. The van der Waals surface area contributed by atoms with E-state index >= 15 is 0 Å². The summed E-state index contributed by atoms with van der Waals surface area (Å²) in [5.74, 6) is -2.55. The average molecular weight is 753 g/mol. The molecule has 0 radical (unpaired) electrons. The number of cyclic esters (lactones) is 1. The molecular weight excluding hydrogens is 684 g/mol. The molecule has 3 bridgehead atoms. The first kappa shape index (κ1) is 41.1. The summed E-state index contributed by atoms with van der Waals surface area (Å²) < 4.78 is 60.5. The fourth-order valence-electron chi connectivity index (χ4n) is 10.7. The quantitative estimate of drug-likeness (QED) is 0.349. The topological polar surface area (TPSA) is 136 Å². The Labute approximate surface area is 317 Å². The third-order valence-corrected chi connectivity index (χ3v) is 14.2. The Kier molecular flexibility index (Phi) is 11.4. The number of aliphatic hydroxyl groups excluding tert-OH is 1. The van der Waals surface area contributed by atoms with Crippen LogP contribution in [0.15, 0.2) is 4.99 Å². The molecule has 6 saturated heterocycles. The van der Waals surface area contributed by atoms with E-state index in [1.54, 1.807) is 14.0 Å². The van der Waals surface area contributed by atoms with Gasteiger partial charge in [0.1, 0.15) is 17.8 Å². The van der Waals surface area contributed by atoms with E-state index in [4.69, 9.17) is 42.6 Å². The minimum Gasteiger partial charge on any atom is -0.459 e. The van der Waals surface area contributed by atoms with Crippen molar-refractivity contribution in [3.8, 4) is 0 Å². The van der Waals surface area contributed by atoms with Crippen LogP contribution in [0, 0.1) is 29.6 Å². The predicted molar refractivity (Wildman–Crippen MR) is 196 cm³/mol. The lowest BCUT2D eigenvalue weighted by atomic mass is 9.74. The van der Waals surface area contributed by atoms with Gasteiger partial charge in [0.05, 0.1) is 47.6 Å². The molecule has 0 aromatic heterocycles. The summed E-state index contributed by atoms with van der Waals surface area (Å²) in [7, 11) is 3.59. The number of amidine groups is 1. The first-order valence-corrected chi connectivity index (χ1v) is 20.2. The molecule has 1 spiro atoms. The second-order valence-corrected chi connectivity index (χ2v) is 17.7. The van der Waals surface area contributed by atoms with Crippen LogP contribution >= 0.6 is 0 Å². The number of likely N-dealkylation sites (N-methyl/N-ethyl adjacent to an activating group) is 1. The second-order valence-electron chi connectivity index (χ2n) is 17.7. The SMILES string of the molecule is CCN=C1O[C@H]2[C@H](O[C@@H]3[C@@H](C)[C@H](O[C@H]4C[C@@](C)(OC)[C@@H](O)[C@H](C)O4)[C@@H](C)C(=O)O[C@H](CC)[C@]4(C)OC5(O[C@@]3(C)C[C@H]5C)[C@H](C)[C@@H]4C)O[C@H](C)C[C@@H]2N1C. The normalized spacial score (nSPS) is 53.9. The number of fused-ring (bicyclic) bond motifs is 3. The van der Waals surface area contributed by atoms with Crippen molar-refractivity contribution in [3.63, 3.8) is 0 Å². The molecule has 53 heavy (non-hydrogen) atoms. The maximum absolute atomic E-state index is 14.4. The molecule has 6 aliphatic rings. The van der Waals surface area contributed by atoms with Crippen molar-refractivity contribution in [1.29, 1.82) is 0 Å². The average Bonchev–Trinajstić information content (AvgIpc) is 3.63. The van der Waals surface area contributed by atoms with Crippen molar-refractivity contribution in [2.75, 3.05) is 20.7 Å². The Morgan fingerprint density at radius 2 is 1.64 bits per heavy atom. The molecule has 0 saturated carbocycles. The highest BCUT2D eigenvalue weighted by molar-refractivity contribution is 5.76. The number of hydrogen-bond donors (Lipinski definition) is 1. The summed E-state index contributed by atoms with van der Waals surface area (Å²) in [6.07, 6.45) is -3.25. The number of carbonyl (C=O) groups is 1. The van der Waals surface area contributed by atoms with E-state index in [1.807, 2.05) is 41.7 Å². The van der Waals surface area contributed by atoms with Gasteiger partial charge < -0.3 is 52.6 Å². The lowest BCUT2D eigenvalue weighted by Gasteiger charge is -2.49. The first-order chi connectivity index (χ1) is 24.8. The van der Waals surface area contributed by atoms with E-state index in [2.05, 4.69) is 51.4 Å². The molecule has 6 aliphatic heterocycles. The van der Waals surface area contributed by atoms with Gasteiger partial charge in [-0.15, -0.1) is 0 Å². The number of aliphatic hydroxyl groups is 1. The van der Waals surface area contributed by atoms with E-state index in [0.717, 1.165) is 6.42 Å². The van der Waals surface area contributed by atoms with Crippen molar-refractivity contribution in [2.24, 2.45) is 34.6 Å². The van der Waals surface area contributed by atoms with E-state index in [1.165, 1.54) is 0 Å². The van der Waals surface area contributed by atoms with Gasteiger partial charge in [-0.25, -0.2) is 4.99 Å². The van der Waals surface area contributed by atoms with Crippen molar-refractivity contribution in [3.05, 3.63) is 0 Å². The zero-order valence-corrected chi connectivity index (χ0v) is 34.6. The zero-order chi connectivity index (χ0) is 39.0. The van der Waals surface area contributed by atoms with Gasteiger partial charge in [0, 0.05) is 44.9 Å². The van der Waals surface area contributed by atoms with Crippen LogP contribution in [-0.2, 0) is 47.4 Å². The molecule has 0 aromatic carbocycles. The number of aliphatic imine (C=N–C) groups is 1. The van der Waals surface area contributed by atoms with Gasteiger partial charge in [0.15, 0.2) is 24.5 Å². The van der Waals surface area contributed by atoms with Crippen LogP contribution < -0.4 is 0 Å². The highest BCUT2D eigenvalue weighted by Crippen LogP contribution is 2.61. The fraction of sp³-hybridized carbons (Fsp3) is 0.950. The minimum atomic E-state index is -0.947. The molecule has 13 nitrogen and oxygen atoms in total. The van der Waals surface area contributed by atoms with Gasteiger partial charge >= 0.3 is 5.97 Å². The lowest BCUT2D eigenvalue weighted by Crippen LogP contribution is -2.60. The van der Waals surface area contributed by atoms with Gasteiger partial charge in [-0.3, -0.25) is 4.79 Å². The minimum absolute atomic E-state index is 0.000107. The summed E-state index contributed by atoms with van der Waals surface area (Å²) in [5, 5.41) is 11.0. The van der Waals surface area contributed by atoms with Crippen LogP contribution in [0.2, 0.25) is 0 Å². The number of carbonyl (C=O) groups excluding carboxylic acids is 1. The molecule has 6 heterocycles. The summed E-state index contributed by atoms with van der Waals surface area (Å²) in [6.45, 7) is 24.9. The monoisotopic (exact) mass is 752 g/mol. The Hall–Kier alpha value is -1.58. The largest absolute Gasteiger partial charge is 0.459 e. The highest BCUT2D eigenvalue weighted by Gasteiger charge is 2.70.